The second-order valence-corrected chi connectivity index (χ2v) is 6.51. The average molecular weight is 341 g/mol. The van der Waals surface area contributed by atoms with Gasteiger partial charge in [0, 0.05) is 36.3 Å². The Kier molecular flexibility index (Phi) is 5.47. The maximum Gasteiger partial charge on any atom is 0.0772 e. The van der Waals surface area contributed by atoms with Crippen molar-refractivity contribution in [2.24, 2.45) is 0 Å². The molecule has 0 radical (unpaired) electrons. The van der Waals surface area contributed by atoms with Gasteiger partial charge in [0.25, 0.3) is 0 Å². The number of aliphatic hydroxyl groups is 1. The van der Waals surface area contributed by atoms with Gasteiger partial charge in [0.15, 0.2) is 0 Å². The Labute approximate surface area is 130 Å². The van der Waals surface area contributed by atoms with E-state index in [1.807, 2.05) is 6.07 Å². The lowest BCUT2D eigenvalue weighted by Crippen LogP contribution is -2.43. The van der Waals surface area contributed by atoms with Crippen molar-refractivity contribution in [3.63, 3.8) is 0 Å². The fourth-order valence-electron chi connectivity index (χ4n) is 2.91. The molecule has 1 aliphatic heterocycles. The summed E-state index contributed by atoms with van der Waals surface area (Å²) in [7, 11) is 2.18. The summed E-state index contributed by atoms with van der Waals surface area (Å²) in [4.78, 5) is 4.89. The second kappa shape index (κ2) is 6.92. The third-order valence-electron chi connectivity index (χ3n) is 4.39. The standard InChI is InChI=1S/C16H25BrN2O/c1-4-19-9-7-13(8-10-19)18(3)14-5-6-15(12(2)20)16(17)11-14/h5-6,11-13,20H,4,7-10H2,1-3H3/t12-/m0/s1. The van der Waals surface area contributed by atoms with Gasteiger partial charge in [0.2, 0.25) is 0 Å². The maximum atomic E-state index is 9.69. The second-order valence-electron chi connectivity index (χ2n) is 5.66. The van der Waals surface area contributed by atoms with E-state index in [0.717, 1.165) is 16.6 Å². The van der Waals surface area contributed by atoms with Gasteiger partial charge in [0.1, 0.15) is 0 Å². The Hall–Kier alpha value is -0.580. The van der Waals surface area contributed by atoms with Crippen LogP contribution in [0.2, 0.25) is 0 Å². The number of rotatable bonds is 4. The molecule has 1 aromatic rings. The molecule has 1 heterocycles. The molecule has 1 fully saturated rings. The smallest absolute Gasteiger partial charge is 0.0772 e. The van der Waals surface area contributed by atoms with Crippen LogP contribution in [0.3, 0.4) is 0 Å². The molecular weight excluding hydrogens is 316 g/mol. The van der Waals surface area contributed by atoms with E-state index in [4.69, 9.17) is 0 Å². The summed E-state index contributed by atoms with van der Waals surface area (Å²) < 4.78 is 0.989. The van der Waals surface area contributed by atoms with Gasteiger partial charge in [-0.2, -0.15) is 0 Å². The summed E-state index contributed by atoms with van der Waals surface area (Å²) >= 11 is 3.57. The Morgan fingerprint density at radius 3 is 2.55 bits per heavy atom. The average Bonchev–Trinajstić information content (AvgIpc) is 2.46. The number of hydrogen-bond acceptors (Lipinski definition) is 3. The predicted octanol–water partition coefficient (Wildman–Crippen LogP) is 3.42. The molecule has 0 spiro atoms. The van der Waals surface area contributed by atoms with Crippen LogP contribution in [0.15, 0.2) is 22.7 Å². The van der Waals surface area contributed by atoms with Crippen molar-refractivity contribution in [3.8, 4) is 0 Å². The normalized spacial score (nSPS) is 19.1. The minimum Gasteiger partial charge on any atom is -0.389 e. The van der Waals surface area contributed by atoms with E-state index in [1.54, 1.807) is 6.92 Å². The van der Waals surface area contributed by atoms with E-state index in [1.165, 1.54) is 31.6 Å². The molecule has 1 N–H and O–H groups in total. The van der Waals surface area contributed by atoms with Crippen LogP contribution in [0.1, 0.15) is 38.4 Å². The van der Waals surface area contributed by atoms with Crippen LogP contribution in [0.25, 0.3) is 0 Å². The van der Waals surface area contributed by atoms with Gasteiger partial charge in [0.05, 0.1) is 6.10 Å². The molecular formula is C16H25BrN2O. The van der Waals surface area contributed by atoms with Crippen LogP contribution in [-0.4, -0.2) is 42.7 Å². The third-order valence-corrected chi connectivity index (χ3v) is 5.08. The highest BCUT2D eigenvalue weighted by atomic mass is 79.9. The number of piperidine rings is 1. The Bertz CT molecular complexity index is 442. The highest BCUT2D eigenvalue weighted by molar-refractivity contribution is 9.10. The number of halogens is 1. The lowest BCUT2D eigenvalue weighted by atomic mass is 10.0. The zero-order valence-corrected chi connectivity index (χ0v) is 14.2. The molecule has 4 heteroatoms. The molecule has 2 rings (SSSR count). The number of anilines is 1. The van der Waals surface area contributed by atoms with Crippen molar-refractivity contribution in [2.45, 2.75) is 38.8 Å². The van der Waals surface area contributed by atoms with Gasteiger partial charge >= 0.3 is 0 Å². The molecule has 0 aromatic heterocycles. The van der Waals surface area contributed by atoms with Gasteiger partial charge in [-0.1, -0.05) is 28.9 Å². The van der Waals surface area contributed by atoms with Crippen LogP contribution in [0, 0.1) is 0 Å². The van der Waals surface area contributed by atoms with Crippen molar-refractivity contribution < 1.29 is 5.11 Å². The van der Waals surface area contributed by atoms with E-state index < -0.39 is 6.10 Å². The summed E-state index contributed by atoms with van der Waals surface area (Å²) in [6.45, 7) is 7.57. The Morgan fingerprint density at radius 2 is 2.05 bits per heavy atom. The summed E-state index contributed by atoms with van der Waals surface area (Å²) in [5.41, 5.74) is 2.17. The molecule has 0 saturated carbocycles. The molecule has 1 aromatic carbocycles. The highest BCUT2D eigenvalue weighted by Gasteiger charge is 2.22. The molecule has 3 nitrogen and oxygen atoms in total. The first-order valence-corrected chi connectivity index (χ1v) is 8.25. The molecule has 1 atom stereocenters. The summed E-state index contributed by atoms with van der Waals surface area (Å²) in [6.07, 6.45) is 2.01. The van der Waals surface area contributed by atoms with Crippen molar-refractivity contribution in [1.29, 1.82) is 0 Å². The number of benzene rings is 1. The Morgan fingerprint density at radius 1 is 1.40 bits per heavy atom. The van der Waals surface area contributed by atoms with Crippen LogP contribution < -0.4 is 4.90 Å². The van der Waals surface area contributed by atoms with Gasteiger partial charge < -0.3 is 14.9 Å². The molecule has 0 unspecified atom stereocenters. The first-order chi connectivity index (χ1) is 9.52. The number of likely N-dealkylation sites (tertiary alicyclic amines) is 1. The van der Waals surface area contributed by atoms with E-state index >= 15 is 0 Å². The van der Waals surface area contributed by atoms with Crippen LogP contribution in [0.5, 0.6) is 0 Å². The predicted molar refractivity (Wildman–Crippen MR) is 88.3 cm³/mol. The quantitative estimate of drug-likeness (QED) is 0.909. The van der Waals surface area contributed by atoms with Crippen LogP contribution >= 0.6 is 15.9 Å². The molecule has 112 valence electrons. The minimum atomic E-state index is -0.434. The van der Waals surface area contributed by atoms with Gasteiger partial charge in [-0.05, 0) is 44.0 Å². The minimum absolute atomic E-state index is 0.434. The fourth-order valence-corrected chi connectivity index (χ4v) is 3.61. The molecule has 0 amide bonds. The number of hydrogen-bond donors (Lipinski definition) is 1. The van der Waals surface area contributed by atoms with Gasteiger partial charge in [-0.3, -0.25) is 0 Å². The van der Waals surface area contributed by atoms with Crippen molar-refractivity contribution in [2.75, 3.05) is 31.6 Å². The van der Waals surface area contributed by atoms with Crippen LogP contribution in [-0.2, 0) is 0 Å². The monoisotopic (exact) mass is 340 g/mol. The first-order valence-electron chi connectivity index (χ1n) is 7.45. The first kappa shape index (κ1) is 15.8. The largest absolute Gasteiger partial charge is 0.389 e. The SMILES string of the molecule is CCN1CCC(N(C)c2ccc([C@H](C)O)c(Br)c2)CC1. The number of nitrogens with zero attached hydrogens (tertiary/aromatic N) is 2. The van der Waals surface area contributed by atoms with E-state index in [-0.39, 0.29) is 0 Å². The lowest BCUT2D eigenvalue weighted by molar-refractivity contribution is 0.198. The number of aliphatic hydroxyl groups excluding tert-OH is 1. The zero-order chi connectivity index (χ0) is 14.7. The molecule has 0 aliphatic carbocycles. The summed E-state index contributed by atoms with van der Waals surface area (Å²) in [5, 5.41) is 9.69. The van der Waals surface area contributed by atoms with Crippen molar-refractivity contribution >= 4 is 21.6 Å². The molecule has 1 saturated heterocycles. The van der Waals surface area contributed by atoms with Gasteiger partial charge in [-0.25, -0.2) is 0 Å². The molecule has 1 aliphatic rings. The van der Waals surface area contributed by atoms with Crippen LogP contribution in [0.4, 0.5) is 5.69 Å². The van der Waals surface area contributed by atoms with E-state index in [0.29, 0.717) is 6.04 Å². The summed E-state index contributed by atoms with van der Waals surface area (Å²) in [5.74, 6) is 0. The maximum absolute atomic E-state index is 9.69. The molecule has 0 bridgehead atoms. The van der Waals surface area contributed by atoms with E-state index in [2.05, 4.69) is 51.8 Å². The summed E-state index contributed by atoms with van der Waals surface area (Å²) in [6, 6.07) is 6.86. The molecule has 20 heavy (non-hydrogen) atoms. The van der Waals surface area contributed by atoms with E-state index in [9.17, 15) is 5.11 Å². The van der Waals surface area contributed by atoms with Gasteiger partial charge in [-0.15, -0.1) is 0 Å². The Balaban J connectivity index is 2.06. The fraction of sp³-hybridized carbons (Fsp3) is 0.625. The highest BCUT2D eigenvalue weighted by Crippen LogP contribution is 2.30. The third kappa shape index (κ3) is 3.54. The lowest BCUT2D eigenvalue weighted by Gasteiger charge is -2.37. The zero-order valence-electron chi connectivity index (χ0n) is 12.6. The van der Waals surface area contributed by atoms with Crippen molar-refractivity contribution in [1.82, 2.24) is 4.90 Å². The van der Waals surface area contributed by atoms with Crippen molar-refractivity contribution in [3.05, 3.63) is 28.2 Å². The topological polar surface area (TPSA) is 26.7 Å².